The number of aliphatic carboxylic acids is 2. The molecule has 8 bridgehead atoms. The number of ether oxygens (including phenoxy) is 4. The van der Waals surface area contributed by atoms with Crippen molar-refractivity contribution in [1.82, 2.24) is 19.9 Å². The molecular formula is C46H40B40MnN4O12. The second-order valence-corrected chi connectivity index (χ2v) is 26.9. The molecule has 103 heavy (non-hydrogen) atoms. The van der Waals surface area contributed by atoms with Crippen molar-refractivity contribution in [3.05, 3.63) is 69.3 Å². The van der Waals surface area contributed by atoms with Crippen molar-refractivity contribution in [1.29, 1.82) is 0 Å². The van der Waals surface area contributed by atoms with Crippen molar-refractivity contribution in [3.8, 4) is 0 Å². The number of aromatic nitrogens is 4. The van der Waals surface area contributed by atoms with Crippen LogP contribution in [0.15, 0.2) is 24.3 Å². The molecule has 0 aromatic carbocycles. The third-order valence-corrected chi connectivity index (χ3v) is 20.3. The van der Waals surface area contributed by atoms with Gasteiger partial charge in [-0.2, -0.15) is 0 Å². The summed E-state index contributed by atoms with van der Waals surface area (Å²) in [5.41, 5.74) is 5.16. The third kappa shape index (κ3) is 19.6. The predicted molar refractivity (Wildman–Crippen MR) is 449 cm³/mol. The van der Waals surface area contributed by atoms with Gasteiger partial charge in [-0.05, 0) is 57.7 Å². The normalized spacial score (nSPS) is 17.7. The first-order valence-electron chi connectivity index (χ1n) is 34.9. The topological polar surface area (TPSA) is 234 Å². The Bertz CT molecular complexity index is 3830. The molecule has 13 heterocycles. The zero-order valence-electron chi connectivity index (χ0n) is 57.6. The Morgan fingerprint density at radius 3 is 1.01 bits per heavy atom. The molecule has 8 saturated heterocycles. The molecule has 3 aromatic heterocycles. The largest absolute Gasteiger partial charge is 2.00 e. The molecule has 0 saturated carbocycles. The maximum absolute atomic E-state index is 15.5. The molecule has 2 atom stereocenters. The molecule has 443 valence electrons. The van der Waals surface area contributed by atoms with E-state index >= 15 is 9.59 Å². The number of rotatable bonds is 30. The molecule has 0 aliphatic carbocycles. The number of fused-ring (bicyclic) bond motifs is 8. The number of hydrogen-bond acceptors (Lipinski definition) is 12. The fourth-order valence-corrected chi connectivity index (χ4v) is 14.7. The van der Waals surface area contributed by atoms with Crippen LogP contribution in [0.3, 0.4) is 0 Å². The first kappa shape index (κ1) is 79.1. The molecule has 13 rings (SSSR count). The van der Waals surface area contributed by atoms with E-state index in [4.69, 9.17) is 38.9 Å². The monoisotopic (exact) mass is 1340 g/mol. The average molecular weight is 1330 g/mol. The second kappa shape index (κ2) is 37.3. The average Bonchev–Trinajstić information content (AvgIpc) is 1.61. The number of carbonyl (C=O) groups is 6. The summed E-state index contributed by atoms with van der Waals surface area (Å²) in [6, 6.07) is 7.05. The van der Waals surface area contributed by atoms with Crippen molar-refractivity contribution < 1.29 is 75.0 Å². The minimum absolute atomic E-state index is 0. The van der Waals surface area contributed by atoms with Crippen LogP contribution in [0.2, 0.25) is 44.9 Å². The Labute approximate surface area is 645 Å². The SMILES string of the molecule is CC1=C(C(COC(=O)B([B]C2[B][B][B][B]2)C2[B][B][B][B]2)OC(=O)B([B]C2[B][B][B][B]2)C2[B][B][B][B]2)c2cc3nc(cc4[n-]c(cc5[n-]c(cc1n2)c(C)c5CCC(=O)O)c(CCC(=O)O)c4C)C(C(COC(=O)B([B]C1[B][B][B][B]1)C1[B][B][B][B]1)OC(=O)B([B]C1[B][B][B][B]1)C1[B][B][B][B]1)=C3C.[Mn+2]. The van der Waals surface area contributed by atoms with Crippen molar-refractivity contribution in [2.24, 2.45) is 0 Å². The molecule has 57 heteroatoms. The van der Waals surface area contributed by atoms with Crippen LogP contribution in [0.4, 0.5) is 19.2 Å². The summed E-state index contributed by atoms with van der Waals surface area (Å²) in [5.74, 6) is -4.32. The Morgan fingerprint density at radius 1 is 0.408 bits per heavy atom. The van der Waals surface area contributed by atoms with Gasteiger partial charge in [0.1, 0.15) is 13.2 Å². The minimum Gasteiger partial charge on any atom is -0.657 e. The van der Waals surface area contributed by atoms with Crippen LogP contribution in [0.25, 0.3) is 44.4 Å². The zero-order chi connectivity index (χ0) is 71.0. The number of aryl methyl sites for hydroxylation is 4. The number of carboxylic acid groups (broad SMARTS) is 2. The van der Waals surface area contributed by atoms with E-state index in [-0.39, 0.29) is 99.1 Å². The number of allylic oxidation sites excluding steroid dienone is 2. The summed E-state index contributed by atoms with van der Waals surface area (Å²) in [6.07, 6.45) is -2.97. The standard InChI is InChI=1S/C46H42B40N4O12.Mn/c1-15-19(5-7-31(91)92)25-12-26-20(6-8-32(93)94)16(2)22(88-26)10-27-34(30(102-46(98)86(42-61-81-82-62-42)66-38-53-73-74-54-38)14-100-44(96)84(40-57-77-78-58-40)64-36-49-69-70-50-36)18(4)24(90-27)11-28-33(17(3)23(89-28)9-21(15)87-25)29(101-45(97)85(41-59-79-80-60-41)65-37-51-71-72-52-37)13-99-43(95)83(39-55-75-76-56-39)63-35-47-67-68-48-35;/h9-12,29-30,35-42H,5-8,13-14H2,1-4H3,(H4,87,88,89,90,91,92,93,94);/q;+2/p-2. The molecule has 0 amide bonds. The Balaban J connectivity index is 0.00001000. The number of hydrogen-bond donors (Lipinski definition) is 2. The summed E-state index contributed by atoms with van der Waals surface area (Å²) in [7, 11) is 69.9. The van der Waals surface area contributed by atoms with Crippen LogP contribution in [-0.2, 0) is 58.4 Å². The van der Waals surface area contributed by atoms with Crippen LogP contribution in [0, 0.1) is 13.8 Å². The maximum atomic E-state index is 15.5. The van der Waals surface area contributed by atoms with Crippen molar-refractivity contribution in [3.63, 3.8) is 0 Å². The van der Waals surface area contributed by atoms with Gasteiger partial charge in [0.05, 0.1) is 51.5 Å². The van der Waals surface area contributed by atoms with Gasteiger partial charge in [-0.1, -0.05) is 40.5 Å². The van der Waals surface area contributed by atoms with Crippen LogP contribution < -0.4 is 9.97 Å². The van der Waals surface area contributed by atoms with E-state index in [0.717, 1.165) is 0 Å². The van der Waals surface area contributed by atoms with E-state index in [0.29, 0.717) is 78.0 Å². The summed E-state index contributed by atoms with van der Waals surface area (Å²) in [5, 5.41) is 20.3. The molecule has 3 aromatic rings. The second-order valence-electron chi connectivity index (χ2n) is 26.9. The van der Waals surface area contributed by atoms with Gasteiger partial charge in [0.15, 0.2) is 12.2 Å². The minimum atomic E-state index is -1.34. The first-order valence-corrected chi connectivity index (χ1v) is 34.9. The Kier molecular flexibility index (Phi) is 28.6. The van der Waals surface area contributed by atoms with Gasteiger partial charge in [-0.3, -0.25) is 28.8 Å². The summed E-state index contributed by atoms with van der Waals surface area (Å²) in [6.45, 7) is 3.38. The van der Waals surface area contributed by atoms with Gasteiger partial charge in [0, 0.05) is 252 Å². The molecule has 10 aliphatic rings. The fraction of sp³-hybridized carbons (Fsp3) is 0.435. The van der Waals surface area contributed by atoms with E-state index in [1.165, 1.54) is 0 Å². The summed E-state index contributed by atoms with van der Waals surface area (Å²) >= 11 is 0. The van der Waals surface area contributed by atoms with Crippen molar-refractivity contribution >= 4 is 363 Å². The quantitative estimate of drug-likeness (QED) is 0.0467. The van der Waals surface area contributed by atoms with Crippen molar-refractivity contribution in [2.75, 3.05) is 13.2 Å². The van der Waals surface area contributed by atoms with Gasteiger partial charge in [0.25, 0.3) is 0 Å². The third-order valence-electron chi connectivity index (χ3n) is 20.3. The summed E-state index contributed by atoms with van der Waals surface area (Å²) in [4.78, 5) is 107. The smallest absolute Gasteiger partial charge is 0.657 e. The number of carboxylic acids is 2. The van der Waals surface area contributed by atoms with E-state index in [2.05, 4.69) is 0 Å². The molecule has 10 aliphatic heterocycles. The molecular weight excluding hydrogens is 1290 g/mol. The predicted octanol–water partition coefficient (Wildman–Crippen LogP) is -6.97. The van der Waals surface area contributed by atoms with Gasteiger partial charge < -0.3 is 39.1 Å². The maximum Gasteiger partial charge on any atom is 2.00 e. The Morgan fingerprint density at radius 2 is 0.689 bits per heavy atom. The van der Waals surface area contributed by atoms with Gasteiger partial charge in [-0.25, -0.2) is 9.97 Å². The zero-order valence-corrected chi connectivity index (χ0v) is 58.7. The van der Waals surface area contributed by atoms with Crippen LogP contribution >= 0.6 is 0 Å². The van der Waals surface area contributed by atoms with Crippen LogP contribution in [0.5, 0.6) is 0 Å². The Hall–Kier alpha value is -3.46. The van der Waals surface area contributed by atoms with E-state index in [1.807, 2.05) is 284 Å². The first-order chi connectivity index (χ1) is 49.5. The summed E-state index contributed by atoms with van der Waals surface area (Å²) < 4.78 is 26.8. The van der Waals surface area contributed by atoms with Crippen LogP contribution in [-0.4, -0.2) is 364 Å². The van der Waals surface area contributed by atoms with E-state index < -0.39 is 87.2 Å². The van der Waals surface area contributed by atoms with Gasteiger partial charge >= 0.3 is 29.0 Å². The van der Waals surface area contributed by atoms with Crippen molar-refractivity contribution in [2.45, 2.75) is 111 Å². The molecule has 2 unspecified atom stereocenters. The molecule has 0 spiro atoms. The van der Waals surface area contributed by atoms with Gasteiger partial charge in [-0.15, -0.1) is 67.0 Å². The van der Waals surface area contributed by atoms with E-state index in [9.17, 15) is 29.4 Å². The molecule has 16 nitrogen and oxygen atoms in total. The van der Waals surface area contributed by atoms with E-state index in [1.54, 1.807) is 24.3 Å². The molecule has 2 N–H and O–H groups in total. The number of carbonyl (C=O) groups excluding carboxylic acids is 4. The van der Waals surface area contributed by atoms with Crippen LogP contribution in [0.1, 0.15) is 71.7 Å². The molecule has 37 radical (unpaired) electrons. The molecule has 8 fully saturated rings. The van der Waals surface area contributed by atoms with Gasteiger partial charge in [0.2, 0.25) is 49.9 Å². The number of nitrogens with zero attached hydrogens (tertiary/aromatic N) is 4. The fourth-order valence-electron chi connectivity index (χ4n) is 14.7.